The van der Waals surface area contributed by atoms with Crippen LogP contribution in [-0.4, -0.2) is 18.5 Å². The second-order valence-corrected chi connectivity index (χ2v) is 3.57. The zero-order valence-corrected chi connectivity index (χ0v) is 9.68. The Kier molecular flexibility index (Phi) is 4.63. The summed E-state index contributed by atoms with van der Waals surface area (Å²) in [6.45, 7) is 0. The topological polar surface area (TPSA) is 43.6 Å². The van der Waals surface area contributed by atoms with Crippen LogP contribution in [0.3, 0.4) is 0 Å². The van der Waals surface area contributed by atoms with E-state index in [0.717, 1.165) is 4.60 Å². The van der Waals surface area contributed by atoms with E-state index in [1.807, 2.05) is 0 Å². The van der Waals surface area contributed by atoms with Gasteiger partial charge < -0.3 is 0 Å². The Morgan fingerprint density at radius 3 is 1.77 bits per heavy atom. The molecule has 2 rings (SSSR count). The molecule has 0 saturated carbocycles. The Morgan fingerprint density at radius 2 is 1.62 bits per heavy atom. The summed E-state index contributed by atoms with van der Waals surface area (Å²) in [4.78, 5) is 11.3. The van der Waals surface area contributed by atoms with E-state index in [0.29, 0.717) is 0 Å². The molecule has 0 aliphatic heterocycles. The van der Waals surface area contributed by atoms with Crippen molar-refractivity contribution in [3.63, 3.8) is 0 Å². The zero-order valence-electron chi connectivity index (χ0n) is 6.51. The van der Waals surface area contributed by atoms with E-state index in [2.05, 4.69) is 47.0 Å². The highest BCUT2D eigenvalue weighted by atomic mass is 79.9. The highest BCUT2D eigenvalue weighted by Gasteiger charge is 1.85. The summed E-state index contributed by atoms with van der Waals surface area (Å²) < 4.78 is 2.53. The van der Waals surface area contributed by atoms with Crippen molar-refractivity contribution in [1.82, 2.24) is 18.5 Å². The van der Waals surface area contributed by atoms with Gasteiger partial charge in [-0.05, 0) is 15.9 Å². The van der Waals surface area contributed by atoms with E-state index < -0.39 is 0 Å². The van der Waals surface area contributed by atoms with Crippen molar-refractivity contribution < 1.29 is 0 Å². The first-order valence-electron chi connectivity index (χ1n) is 3.34. The van der Waals surface area contributed by atoms with Gasteiger partial charge in [-0.15, -0.1) is 0 Å². The maximum absolute atomic E-state index is 3.85. The van der Waals surface area contributed by atoms with Gasteiger partial charge in [-0.1, -0.05) is 0 Å². The quantitative estimate of drug-likeness (QED) is 0.750. The molecule has 0 radical (unpaired) electrons. The van der Waals surface area contributed by atoms with Crippen molar-refractivity contribution in [2.24, 2.45) is 0 Å². The number of aromatic nitrogens is 4. The molecule has 0 saturated heterocycles. The summed E-state index contributed by atoms with van der Waals surface area (Å²) in [6.07, 6.45) is 10.0. The molecular formula is C7H6Br2N4. The average Bonchev–Trinajstić information content (AvgIpc) is 2.54. The minimum atomic E-state index is 0.837. The van der Waals surface area contributed by atoms with Gasteiger partial charge in [0, 0.05) is 24.8 Å². The van der Waals surface area contributed by atoms with E-state index in [4.69, 9.17) is 0 Å². The second kappa shape index (κ2) is 5.82. The van der Waals surface area contributed by atoms with E-state index >= 15 is 0 Å². The molecule has 2 heterocycles. The van der Waals surface area contributed by atoms with Gasteiger partial charge >= 0.3 is 0 Å². The molecule has 4 nitrogen and oxygen atoms in total. The Balaban J connectivity index is 0.000000132. The molecule has 0 spiro atoms. The fourth-order valence-electron chi connectivity index (χ4n) is 0.532. The predicted molar refractivity (Wildman–Crippen MR) is 56.3 cm³/mol. The van der Waals surface area contributed by atoms with Crippen LogP contribution in [0, 0.1) is 0 Å². The van der Waals surface area contributed by atoms with Crippen LogP contribution < -0.4 is 0 Å². The molecule has 0 aliphatic carbocycles. The molecule has 0 bridgehead atoms. The number of halogens is 2. The van der Waals surface area contributed by atoms with Crippen molar-refractivity contribution in [3.05, 3.63) is 41.9 Å². The number of nitrogens with zero attached hydrogens (tertiary/aromatic N) is 4. The van der Waals surface area contributed by atoms with Gasteiger partial charge in [0.15, 0.2) is 0 Å². The molecule has 0 N–H and O–H groups in total. The van der Waals surface area contributed by atoms with Crippen LogP contribution in [-0.2, 0) is 0 Å². The highest BCUT2D eigenvalue weighted by Crippen LogP contribution is 2.05. The lowest BCUT2D eigenvalue weighted by Crippen LogP contribution is -1.66. The monoisotopic (exact) mass is 304 g/mol. The minimum Gasteiger partial charge on any atom is -0.271 e. The second-order valence-electron chi connectivity index (χ2n) is 1.94. The van der Waals surface area contributed by atoms with Crippen LogP contribution in [0.5, 0.6) is 0 Å². The van der Waals surface area contributed by atoms with E-state index in [1.165, 1.54) is 0 Å². The number of rotatable bonds is 0. The van der Waals surface area contributed by atoms with Crippen LogP contribution in [0.4, 0.5) is 0 Å². The lowest BCUT2D eigenvalue weighted by atomic mass is 10.8. The summed E-state index contributed by atoms with van der Waals surface area (Å²) in [5.41, 5.74) is 0. The van der Waals surface area contributed by atoms with Gasteiger partial charge in [-0.2, -0.15) is 0 Å². The van der Waals surface area contributed by atoms with Gasteiger partial charge in [-0.25, -0.2) is 4.98 Å². The van der Waals surface area contributed by atoms with Gasteiger partial charge in [0.1, 0.15) is 10.9 Å². The summed E-state index contributed by atoms with van der Waals surface area (Å²) in [7, 11) is 0. The molecule has 0 amide bonds. The molecule has 0 aliphatic rings. The molecule has 13 heavy (non-hydrogen) atoms. The fraction of sp³-hybridized carbons (Fsp3) is 0. The first kappa shape index (κ1) is 10.3. The lowest BCUT2D eigenvalue weighted by Gasteiger charge is -1.73. The molecule has 2 aromatic rings. The summed E-state index contributed by atoms with van der Waals surface area (Å²) in [5.74, 6) is 0. The molecular weight excluding hydrogens is 300 g/mol. The average molecular weight is 306 g/mol. The highest BCUT2D eigenvalue weighted by molar-refractivity contribution is 9.10. The van der Waals surface area contributed by atoms with Crippen molar-refractivity contribution in [3.8, 4) is 0 Å². The summed E-state index contributed by atoms with van der Waals surface area (Å²) in [6, 6.07) is 0. The maximum atomic E-state index is 3.85. The van der Waals surface area contributed by atoms with Crippen LogP contribution in [0.1, 0.15) is 0 Å². The normalized spacial score (nSPS) is 8.77. The van der Waals surface area contributed by atoms with E-state index in [-0.39, 0.29) is 0 Å². The molecule has 6 heteroatoms. The van der Waals surface area contributed by atoms with Crippen molar-refractivity contribution >= 4 is 32.1 Å². The standard InChI is InChI=1S/C4H4N2.C3H2Br2N2/c1-2-6-4-3-5-1;4-3-1-7(5)2-6-3/h1-4H;1-2H. The van der Waals surface area contributed by atoms with Gasteiger partial charge in [0.2, 0.25) is 0 Å². The predicted octanol–water partition coefficient (Wildman–Crippen LogP) is 2.28. The molecule has 0 aromatic carbocycles. The molecule has 0 atom stereocenters. The molecule has 0 unspecified atom stereocenters. The first-order valence-corrected chi connectivity index (χ1v) is 4.85. The summed E-state index contributed by atoms with van der Waals surface area (Å²) in [5, 5.41) is 0. The number of hydrogen-bond acceptors (Lipinski definition) is 3. The third-order valence-electron chi connectivity index (χ3n) is 0.999. The molecule has 68 valence electrons. The van der Waals surface area contributed by atoms with Crippen molar-refractivity contribution in [1.29, 1.82) is 0 Å². The zero-order chi connectivity index (χ0) is 9.52. The largest absolute Gasteiger partial charge is 0.271 e. The van der Waals surface area contributed by atoms with Crippen LogP contribution in [0.2, 0.25) is 0 Å². The Labute approximate surface area is 92.5 Å². The fourth-order valence-corrected chi connectivity index (χ4v) is 1.40. The Bertz CT molecular complexity index is 292. The molecule has 0 fully saturated rings. The first-order chi connectivity index (χ1) is 6.29. The minimum absolute atomic E-state index is 0.837. The number of imidazole rings is 1. The van der Waals surface area contributed by atoms with Crippen LogP contribution in [0.15, 0.2) is 41.9 Å². The Morgan fingerprint density at radius 1 is 1.08 bits per heavy atom. The van der Waals surface area contributed by atoms with Gasteiger partial charge in [0.05, 0.1) is 22.3 Å². The van der Waals surface area contributed by atoms with Crippen LogP contribution in [0.25, 0.3) is 0 Å². The summed E-state index contributed by atoms with van der Waals surface area (Å²) >= 11 is 6.33. The third-order valence-corrected chi connectivity index (χ3v) is 1.80. The molecule has 2 aromatic heterocycles. The Hall–Kier alpha value is -0.750. The van der Waals surface area contributed by atoms with E-state index in [9.17, 15) is 0 Å². The maximum Gasteiger partial charge on any atom is 0.125 e. The third kappa shape index (κ3) is 4.74. The SMILES string of the molecule is Brc1cn(Br)cn1.c1cnccn1. The smallest absolute Gasteiger partial charge is 0.125 e. The van der Waals surface area contributed by atoms with Gasteiger partial charge in [-0.3, -0.25) is 13.6 Å². The van der Waals surface area contributed by atoms with Gasteiger partial charge in [0.25, 0.3) is 0 Å². The van der Waals surface area contributed by atoms with Crippen molar-refractivity contribution in [2.45, 2.75) is 0 Å². The number of hydrogen-bond donors (Lipinski definition) is 0. The van der Waals surface area contributed by atoms with E-state index in [1.54, 1.807) is 40.9 Å². The van der Waals surface area contributed by atoms with Crippen LogP contribution >= 0.6 is 32.1 Å². The lowest BCUT2D eigenvalue weighted by molar-refractivity contribution is 1.20. The van der Waals surface area contributed by atoms with Crippen molar-refractivity contribution in [2.75, 3.05) is 0 Å².